The molecule has 0 aliphatic heterocycles. The summed E-state index contributed by atoms with van der Waals surface area (Å²) in [5, 5.41) is 17.7. The van der Waals surface area contributed by atoms with E-state index in [1.807, 2.05) is 30.3 Å². The van der Waals surface area contributed by atoms with E-state index in [4.69, 9.17) is 14.9 Å². The molecule has 4 heteroatoms. The van der Waals surface area contributed by atoms with Crippen LogP contribution in [0.25, 0.3) is 0 Å². The summed E-state index contributed by atoms with van der Waals surface area (Å²) >= 11 is 0. The van der Waals surface area contributed by atoms with Gasteiger partial charge in [-0.1, -0.05) is 30.3 Å². The Morgan fingerprint density at radius 1 is 1.29 bits per heavy atom. The summed E-state index contributed by atoms with van der Waals surface area (Å²) in [4.78, 5) is 11.3. The first-order chi connectivity index (χ1) is 8.22. The zero-order valence-electron chi connectivity index (χ0n) is 9.71. The van der Waals surface area contributed by atoms with E-state index in [2.05, 4.69) is 0 Å². The molecule has 0 aliphatic carbocycles. The van der Waals surface area contributed by atoms with Crippen LogP contribution in [0.1, 0.15) is 24.8 Å². The Morgan fingerprint density at radius 2 is 2.00 bits per heavy atom. The first kappa shape index (κ1) is 13.7. The molecule has 17 heavy (non-hydrogen) atoms. The van der Waals surface area contributed by atoms with Gasteiger partial charge in [0.1, 0.15) is 6.61 Å². The van der Waals surface area contributed by atoms with Gasteiger partial charge in [0.25, 0.3) is 0 Å². The molecular weight excluding hydrogens is 220 g/mol. The van der Waals surface area contributed by atoms with Crippen LogP contribution < -0.4 is 0 Å². The highest BCUT2D eigenvalue weighted by atomic mass is 16.5. The maximum absolute atomic E-state index is 11.3. The van der Waals surface area contributed by atoms with Gasteiger partial charge in [-0.2, -0.15) is 0 Å². The van der Waals surface area contributed by atoms with Crippen LogP contribution in [-0.4, -0.2) is 28.9 Å². The number of carbonyl (C=O) groups excluding carboxylic acids is 1. The van der Waals surface area contributed by atoms with Crippen molar-refractivity contribution in [3.63, 3.8) is 0 Å². The minimum absolute atomic E-state index is 0.265. The van der Waals surface area contributed by atoms with Gasteiger partial charge in [-0.05, 0) is 18.4 Å². The molecule has 0 fully saturated rings. The predicted molar refractivity (Wildman–Crippen MR) is 63.2 cm³/mol. The first-order valence-electron chi connectivity index (χ1n) is 5.71. The minimum Gasteiger partial charge on any atom is -0.461 e. The van der Waals surface area contributed by atoms with Crippen molar-refractivity contribution < 1.29 is 19.7 Å². The Kier molecular flexibility index (Phi) is 6.29. The number of ether oxygens (including phenoxy) is 1. The third-order valence-corrected chi connectivity index (χ3v) is 2.37. The van der Waals surface area contributed by atoms with Gasteiger partial charge in [0.15, 0.2) is 0 Å². The number of esters is 1. The van der Waals surface area contributed by atoms with Crippen LogP contribution in [0.3, 0.4) is 0 Å². The zero-order valence-corrected chi connectivity index (χ0v) is 9.71. The summed E-state index contributed by atoms with van der Waals surface area (Å²) in [6.45, 7) is 0.0152. The smallest absolute Gasteiger partial charge is 0.306 e. The van der Waals surface area contributed by atoms with Crippen LogP contribution in [0.5, 0.6) is 0 Å². The monoisotopic (exact) mass is 238 g/mol. The number of aliphatic hydroxyl groups is 2. The number of carbonyl (C=O) groups is 1. The van der Waals surface area contributed by atoms with Gasteiger partial charge < -0.3 is 14.9 Å². The molecule has 0 saturated heterocycles. The van der Waals surface area contributed by atoms with E-state index < -0.39 is 6.10 Å². The summed E-state index contributed by atoms with van der Waals surface area (Å²) in [6, 6.07) is 9.47. The molecule has 0 unspecified atom stereocenters. The van der Waals surface area contributed by atoms with Gasteiger partial charge in [0.05, 0.1) is 12.7 Å². The van der Waals surface area contributed by atoms with E-state index in [9.17, 15) is 4.79 Å². The lowest BCUT2D eigenvalue weighted by atomic mass is 10.1. The Bertz CT molecular complexity index is 323. The number of benzene rings is 1. The van der Waals surface area contributed by atoms with Crippen LogP contribution in [0.15, 0.2) is 30.3 Å². The van der Waals surface area contributed by atoms with E-state index in [1.54, 1.807) is 0 Å². The molecule has 0 aromatic heterocycles. The van der Waals surface area contributed by atoms with Crippen molar-refractivity contribution in [2.24, 2.45) is 0 Å². The third-order valence-electron chi connectivity index (χ3n) is 2.37. The fourth-order valence-electron chi connectivity index (χ4n) is 1.38. The predicted octanol–water partition coefficient (Wildman–Crippen LogP) is 1.25. The minimum atomic E-state index is -0.739. The van der Waals surface area contributed by atoms with Gasteiger partial charge in [0.2, 0.25) is 0 Å². The fourth-order valence-corrected chi connectivity index (χ4v) is 1.38. The van der Waals surface area contributed by atoms with Crippen LogP contribution in [0, 0.1) is 0 Å². The van der Waals surface area contributed by atoms with Gasteiger partial charge in [0, 0.05) is 6.42 Å². The standard InChI is InChI=1S/C13H18O4/c14-9-12(15)7-4-8-13(16)17-10-11-5-2-1-3-6-11/h1-3,5-6,12,14-15H,4,7-10H2/t12-/m0/s1. The molecule has 0 radical (unpaired) electrons. The van der Waals surface area contributed by atoms with Crippen LogP contribution in [0.2, 0.25) is 0 Å². The van der Waals surface area contributed by atoms with Crippen molar-refractivity contribution in [3.05, 3.63) is 35.9 Å². The molecule has 0 amide bonds. The molecule has 0 spiro atoms. The Labute approximate surface area is 101 Å². The summed E-state index contributed by atoms with van der Waals surface area (Å²) in [7, 11) is 0. The largest absolute Gasteiger partial charge is 0.461 e. The average molecular weight is 238 g/mol. The first-order valence-corrected chi connectivity index (χ1v) is 5.71. The van der Waals surface area contributed by atoms with Crippen molar-refractivity contribution in [1.29, 1.82) is 0 Å². The van der Waals surface area contributed by atoms with Crippen molar-refractivity contribution in [2.75, 3.05) is 6.61 Å². The molecule has 0 aliphatic rings. The topological polar surface area (TPSA) is 66.8 Å². The molecule has 1 rings (SSSR count). The highest BCUT2D eigenvalue weighted by Gasteiger charge is 2.06. The van der Waals surface area contributed by atoms with Crippen LogP contribution >= 0.6 is 0 Å². The van der Waals surface area contributed by atoms with E-state index in [1.165, 1.54) is 0 Å². The van der Waals surface area contributed by atoms with E-state index in [0.29, 0.717) is 12.8 Å². The zero-order chi connectivity index (χ0) is 12.5. The second kappa shape index (κ2) is 7.81. The second-order valence-electron chi connectivity index (χ2n) is 3.87. The number of hydrogen-bond acceptors (Lipinski definition) is 4. The van der Waals surface area contributed by atoms with Crippen molar-refractivity contribution in [1.82, 2.24) is 0 Å². The molecule has 94 valence electrons. The molecule has 0 heterocycles. The summed E-state index contributed by atoms with van der Waals surface area (Å²) in [5.41, 5.74) is 0.955. The average Bonchev–Trinajstić information content (AvgIpc) is 2.37. The lowest BCUT2D eigenvalue weighted by molar-refractivity contribution is -0.145. The fraction of sp³-hybridized carbons (Fsp3) is 0.462. The van der Waals surface area contributed by atoms with Gasteiger partial charge in [-0.15, -0.1) is 0 Å². The summed E-state index contributed by atoms with van der Waals surface area (Å²) in [5.74, 6) is -0.279. The van der Waals surface area contributed by atoms with Crippen molar-refractivity contribution in [3.8, 4) is 0 Å². The lowest BCUT2D eigenvalue weighted by Gasteiger charge is -2.07. The van der Waals surface area contributed by atoms with Gasteiger partial charge in [-0.25, -0.2) is 0 Å². The highest BCUT2D eigenvalue weighted by Crippen LogP contribution is 2.05. The molecular formula is C13H18O4. The Morgan fingerprint density at radius 3 is 2.65 bits per heavy atom. The van der Waals surface area contributed by atoms with Crippen LogP contribution in [0.4, 0.5) is 0 Å². The number of rotatable bonds is 7. The van der Waals surface area contributed by atoms with Crippen molar-refractivity contribution >= 4 is 5.97 Å². The van der Waals surface area contributed by atoms with E-state index in [0.717, 1.165) is 5.56 Å². The summed E-state index contributed by atoms with van der Waals surface area (Å²) in [6.07, 6.45) is 0.466. The quantitative estimate of drug-likeness (QED) is 0.702. The Hall–Kier alpha value is -1.39. The molecule has 1 aromatic carbocycles. The maximum Gasteiger partial charge on any atom is 0.306 e. The maximum atomic E-state index is 11.3. The molecule has 1 atom stereocenters. The normalized spacial score (nSPS) is 12.1. The number of hydrogen-bond donors (Lipinski definition) is 2. The molecule has 0 bridgehead atoms. The van der Waals surface area contributed by atoms with E-state index >= 15 is 0 Å². The second-order valence-corrected chi connectivity index (χ2v) is 3.87. The number of aliphatic hydroxyl groups excluding tert-OH is 2. The highest BCUT2D eigenvalue weighted by molar-refractivity contribution is 5.69. The SMILES string of the molecule is O=C(CCC[C@H](O)CO)OCc1ccccc1. The van der Waals surface area contributed by atoms with Gasteiger partial charge >= 0.3 is 5.97 Å². The summed E-state index contributed by atoms with van der Waals surface area (Å²) < 4.78 is 5.06. The van der Waals surface area contributed by atoms with Crippen molar-refractivity contribution in [2.45, 2.75) is 32.0 Å². The van der Waals surface area contributed by atoms with Crippen LogP contribution in [-0.2, 0) is 16.1 Å². The Balaban J connectivity index is 2.13. The molecule has 1 aromatic rings. The molecule has 4 nitrogen and oxygen atoms in total. The van der Waals surface area contributed by atoms with Gasteiger partial charge in [-0.3, -0.25) is 4.79 Å². The molecule has 0 saturated carbocycles. The van der Waals surface area contributed by atoms with E-state index in [-0.39, 0.29) is 25.6 Å². The molecule has 2 N–H and O–H groups in total. The lowest BCUT2D eigenvalue weighted by Crippen LogP contribution is -2.12. The third kappa shape index (κ3) is 6.04.